The Labute approximate surface area is 250 Å². The van der Waals surface area contributed by atoms with Gasteiger partial charge < -0.3 is 19.1 Å². The number of methoxy groups -OCH3 is 1. The molecule has 2 unspecified atom stereocenters. The lowest BCUT2D eigenvalue weighted by Gasteiger charge is -2.38. The number of benzene rings is 2. The van der Waals surface area contributed by atoms with Crippen molar-refractivity contribution in [1.29, 1.82) is 0 Å². The minimum absolute atomic E-state index is 0.0521. The van der Waals surface area contributed by atoms with E-state index in [1.165, 1.54) is 30.2 Å². The molecule has 2 atom stereocenters. The van der Waals surface area contributed by atoms with E-state index < -0.39 is 72.6 Å². The summed E-state index contributed by atoms with van der Waals surface area (Å²) in [6.07, 6.45) is -4.96. The molecule has 3 heterocycles. The Balaban J connectivity index is 1.50. The minimum Gasteiger partial charge on any atom is -0.496 e. The quantitative estimate of drug-likeness (QED) is 0.355. The molecule has 0 spiro atoms. The molecule has 0 aliphatic carbocycles. The highest BCUT2D eigenvalue weighted by atomic mass is 19.4. The second-order valence-electron chi connectivity index (χ2n) is 10.5. The number of rotatable bonds is 8. The average Bonchev–Trinajstić information content (AvgIpc) is 3.35. The van der Waals surface area contributed by atoms with Crippen molar-refractivity contribution < 1.29 is 46.2 Å². The molecule has 5 rings (SSSR count). The van der Waals surface area contributed by atoms with Gasteiger partial charge in [0.15, 0.2) is 5.78 Å². The van der Waals surface area contributed by atoms with E-state index >= 15 is 4.39 Å². The van der Waals surface area contributed by atoms with E-state index in [1.54, 1.807) is 36.4 Å². The fourth-order valence-corrected chi connectivity index (χ4v) is 5.37. The Kier molecular flexibility index (Phi) is 9.30. The number of amides is 1. The Hall–Kier alpha value is -4.30. The fraction of sp³-hybridized carbons (Fsp3) is 0.400. The van der Waals surface area contributed by atoms with Crippen LogP contribution in [0.3, 0.4) is 0 Å². The van der Waals surface area contributed by atoms with Crippen LogP contribution in [0.4, 0.5) is 17.6 Å². The van der Waals surface area contributed by atoms with Crippen LogP contribution in [0, 0.1) is 11.7 Å². The van der Waals surface area contributed by atoms with Crippen LogP contribution in [-0.2, 0) is 20.9 Å². The molecular formula is C30H30F4N4O6. The molecule has 10 nitrogen and oxygen atoms in total. The third-order valence-electron chi connectivity index (χ3n) is 7.58. The number of Topliss-reactive ketones (excluding diaryl/α,β-unsaturated/α-hetero) is 1. The van der Waals surface area contributed by atoms with Crippen molar-refractivity contribution in [3.63, 3.8) is 0 Å². The van der Waals surface area contributed by atoms with Crippen LogP contribution in [0.15, 0.2) is 54.6 Å². The molecule has 0 N–H and O–H groups in total. The van der Waals surface area contributed by atoms with Crippen molar-refractivity contribution in [1.82, 2.24) is 19.6 Å². The van der Waals surface area contributed by atoms with Crippen LogP contribution < -0.4 is 9.47 Å². The maximum atomic E-state index is 16.1. The number of aromatic nitrogens is 2. The fourth-order valence-electron chi connectivity index (χ4n) is 5.37. The van der Waals surface area contributed by atoms with Gasteiger partial charge in [0.05, 0.1) is 50.8 Å². The lowest BCUT2D eigenvalue weighted by molar-refractivity contribution is -0.194. The van der Waals surface area contributed by atoms with Crippen molar-refractivity contribution >= 4 is 17.6 Å². The molecule has 3 aromatic rings. The largest absolute Gasteiger partial charge is 0.496 e. The molecule has 2 aliphatic rings. The number of carbonyl (C=O) groups excluding carboxylic acids is 3. The topological polar surface area (TPSA) is 103 Å². The van der Waals surface area contributed by atoms with Crippen LogP contribution in [0.1, 0.15) is 27.5 Å². The number of hydrogen-bond acceptors (Lipinski definition) is 8. The van der Waals surface area contributed by atoms with Gasteiger partial charge in [0.2, 0.25) is 11.7 Å². The molecule has 2 aromatic carbocycles. The van der Waals surface area contributed by atoms with Crippen molar-refractivity contribution in [2.45, 2.75) is 18.7 Å². The lowest BCUT2D eigenvalue weighted by Crippen LogP contribution is -2.54. The number of hydrogen-bond donors (Lipinski definition) is 0. The molecule has 0 saturated carbocycles. The molecule has 2 fully saturated rings. The first-order chi connectivity index (χ1) is 21.1. The Morgan fingerprint density at radius 3 is 2.41 bits per heavy atom. The van der Waals surface area contributed by atoms with Crippen LogP contribution in [0.25, 0.3) is 0 Å². The summed E-state index contributed by atoms with van der Waals surface area (Å²) in [6.45, 7) is -0.741. The number of piperidine rings is 1. The first kappa shape index (κ1) is 31.1. The number of ketones is 1. The van der Waals surface area contributed by atoms with Crippen LogP contribution in [0.2, 0.25) is 0 Å². The summed E-state index contributed by atoms with van der Waals surface area (Å²) < 4.78 is 76.2. The molecule has 0 bridgehead atoms. The summed E-state index contributed by atoms with van der Waals surface area (Å²) in [5.41, 5.74) is -0.319. The van der Waals surface area contributed by atoms with Gasteiger partial charge in [-0.15, -0.1) is 0 Å². The van der Waals surface area contributed by atoms with Crippen LogP contribution >= 0.6 is 0 Å². The van der Waals surface area contributed by atoms with E-state index in [9.17, 15) is 27.6 Å². The molecule has 234 valence electrons. The number of morpholine rings is 1. The van der Waals surface area contributed by atoms with E-state index in [-0.39, 0.29) is 17.9 Å². The van der Waals surface area contributed by atoms with Crippen molar-refractivity contribution in [3.05, 3.63) is 77.2 Å². The molecular weight excluding hydrogens is 588 g/mol. The highest BCUT2D eigenvalue weighted by Crippen LogP contribution is 2.43. The predicted octanol–water partition coefficient (Wildman–Crippen LogP) is 3.30. The maximum absolute atomic E-state index is 16.1. The predicted molar refractivity (Wildman–Crippen MR) is 147 cm³/mol. The summed E-state index contributed by atoms with van der Waals surface area (Å²) in [7, 11) is 1.32. The number of halogens is 4. The first-order valence-corrected chi connectivity index (χ1v) is 13.9. The van der Waals surface area contributed by atoms with Crippen molar-refractivity contribution in [2.24, 2.45) is 5.92 Å². The average molecular weight is 619 g/mol. The van der Waals surface area contributed by atoms with Crippen LogP contribution in [0.5, 0.6) is 11.6 Å². The van der Waals surface area contributed by atoms with Gasteiger partial charge in [0.1, 0.15) is 18.1 Å². The van der Waals surface area contributed by atoms with Gasteiger partial charge in [-0.2, -0.15) is 27.3 Å². The van der Waals surface area contributed by atoms with E-state index in [4.69, 9.17) is 14.2 Å². The molecule has 2 saturated heterocycles. The van der Waals surface area contributed by atoms with E-state index in [0.717, 1.165) is 4.90 Å². The summed E-state index contributed by atoms with van der Waals surface area (Å²) in [6, 6.07) is 14.5. The number of para-hydroxylation sites is 1. The van der Waals surface area contributed by atoms with Crippen molar-refractivity contribution in [2.75, 3.05) is 53.0 Å². The summed E-state index contributed by atoms with van der Waals surface area (Å²) in [5.74, 6) is -8.80. The molecule has 0 radical (unpaired) electrons. The van der Waals surface area contributed by atoms with E-state index in [2.05, 4.69) is 5.10 Å². The zero-order chi connectivity index (χ0) is 31.4. The number of carbonyl (C=O) groups is 3. The summed E-state index contributed by atoms with van der Waals surface area (Å²) in [5, 5.41) is 3.95. The van der Waals surface area contributed by atoms with Crippen LogP contribution in [-0.4, -0.2) is 96.4 Å². The highest BCUT2D eigenvalue weighted by Gasteiger charge is 2.54. The second-order valence-corrected chi connectivity index (χ2v) is 10.5. The minimum atomic E-state index is -4.96. The third kappa shape index (κ3) is 6.60. The number of alkyl halides is 3. The molecule has 44 heavy (non-hydrogen) atoms. The zero-order valence-corrected chi connectivity index (χ0v) is 23.8. The first-order valence-electron chi connectivity index (χ1n) is 13.9. The van der Waals surface area contributed by atoms with Gasteiger partial charge in [0.25, 0.3) is 11.8 Å². The summed E-state index contributed by atoms with van der Waals surface area (Å²) in [4.78, 5) is 42.3. The standard InChI is InChI=1S/C30H30F4N4O6/c1-42-23-10-6-5-9-20(23)28(41)38-29(44-18-19-7-3-2-4-8-19)26(31)27(35-38)25-21(30(32,33)34)15-36(16-22(25)39)17-24(40)37-11-13-43-14-12-37/h2-10,21,25H,11-18H2,1H3. The SMILES string of the molecule is COc1ccccc1C(=O)n1nc(C2C(=O)CN(CC(=O)N3CCOCC3)CC2C(F)(F)F)c(F)c1OCc1ccccc1. The molecule has 1 aromatic heterocycles. The number of ether oxygens (including phenoxy) is 3. The monoisotopic (exact) mass is 618 g/mol. The van der Waals surface area contributed by atoms with E-state index in [0.29, 0.717) is 36.5 Å². The van der Waals surface area contributed by atoms with Gasteiger partial charge in [0, 0.05) is 19.6 Å². The highest BCUT2D eigenvalue weighted by molar-refractivity contribution is 5.99. The number of nitrogens with zero attached hydrogens (tertiary/aromatic N) is 4. The Bertz CT molecular complexity index is 1510. The molecule has 2 aliphatic heterocycles. The number of likely N-dealkylation sites (tertiary alicyclic amines) is 1. The lowest BCUT2D eigenvalue weighted by atomic mass is 9.81. The van der Waals surface area contributed by atoms with Gasteiger partial charge in [-0.1, -0.05) is 42.5 Å². The Morgan fingerprint density at radius 2 is 1.73 bits per heavy atom. The normalized spacial score (nSPS) is 19.6. The van der Waals surface area contributed by atoms with Crippen molar-refractivity contribution in [3.8, 4) is 11.6 Å². The zero-order valence-electron chi connectivity index (χ0n) is 23.8. The smallest absolute Gasteiger partial charge is 0.394 e. The second kappa shape index (κ2) is 13.1. The molecule has 14 heteroatoms. The van der Waals surface area contributed by atoms with Gasteiger partial charge in [-0.25, -0.2) is 0 Å². The summed E-state index contributed by atoms with van der Waals surface area (Å²) >= 11 is 0. The van der Waals surface area contributed by atoms with E-state index in [1.807, 2.05) is 0 Å². The maximum Gasteiger partial charge on any atom is 0.394 e. The molecule has 1 amide bonds. The Morgan fingerprint density at radius 1 is 1.05 bits per heavy atom. The third-order valence-corrected chi connectivity index (χ3v) is 7.58. The van der Waals surface area contributed by atoms with Gasteiger partial charge in [-0.3, -0.25) is 19.3 Å². The van der Waals surface area contributed by atoms with Gasteiger partial charge >= 0.3 is 6.18 Å². The van der Waals surface area contributed by atoms with Gasteiger partial charge in [-0.05, 0) is 17.7 Å².